The van der Waals surface area contributed by atoms with Crippen LogP contribution in [0.2, 0.25) is 10.0 Å². The molecule has 1 N–H and O–H groups in total. The quantitative estimate of drug-likeness (QED) is 0.788. The lowest BCUT2D eigenvalue weighted by Gasteiger charge is -2.06. The number of nitrogens with one attached hydrogen (secondary N) is 1. The Bertz CT molecular complexity index is 307. The van der Waals surface area contributed by atoms with E-state index in [1.165, 1.54) is 0 Å². The molecule has 0 aliphatic carbocycles. The number of halogens is 3. The summed E-state index contributed by atoms with van der Waals surface area (Å²) in [5, 5.41) is 3.28. The molecule has 0 fully saturated rings. The summed E-state index contributed by atoms with van der Waals surface area (Å²) in [6.07, 6.45) is 0. The zero-order valence-corrected chi connectivity index (χ0v) is 8.75. The van der Waals surface area contributed by atoms with Gasteiger partial charge >= 0.3 is 0 Å². The smallest absolute Gasteiger partial charge is 0.239 e. The maximum atomic E-state index is 10.9. The summed E-state index contributed by atoms with van der Waals surface area (Å²) in [5.74, 6) is -0.460. The van der Waals surface area contributed by atoms with Gasteiger partial charge in [-0.25, -0.2) is 0 Å². The van der Waals surface area contributed by atoms with E-state index in [4.69, 9.17) is 34.8 Å². The molecule has 2 nitrogen and oxygen atoms in total. The summed E-state index contributed by atoms with van der Waals surface area (Å²) in [7, 11) is 0. The van der Waals surface area contributed by atoms with Crippen molar-refractivity contribution >= 4 is 46.4 Å². The van der Waals surface area contributed by atoms with Gasteiger partial charge in [0.05, 0.1) is 15.7 Å². The lowest BCUT2D eigenvalue weighted by Crippen LogP contribution is -2.13. The molecule has 70 valence electrons. The predicted molar refractivity (Wildman–Crippen MR) is 55.8 cm³/mol. The molecule has 0 bridgehead atoms. The average molecular weight is 239 g/mol. The highest BCUT2D eigenvalue weighted by Gasteiger charge is 2.07. The molecule has 0 saturated carbocycles. The van der Waals surface area contributed by atoms with Crippen LogP contribution in [-0.2, 0) is 4.79 Å². The fraction of sp³-hybridized carbons (Fsp3) is 0.125. The second kappa shape index (κ2) is 4.70. The fourth-order valence-corrected chi connectivity index (χ4v) is 1.35. The molecule has 0 atom stereocenters. The standard InChI is InChI=1S/C8H6Cl3NO/c9-4-7(13)12-8-5(10)2-1-3-6(8)11/h1-3H,4H2,(H,12,13). The Labute approximate surface area is 90.8 Å². The number of hydrogen-bond donors (Lipinski definition) is 1. The van der Waals surface area contributed by atoms with Gasteiger partial charge in [-0.2, -0.15) is 0 Å². The van der Waals surface area contributed by atoms with E-state index in [0.29, 0.717) is 15.7 Å². The van der Waals surface area contributed by atoms with Gasteiger partial charge in [-0.1, -0.05) is 29.3 Å². The van der Waals surface area contributed by atoms with Crippen LogP contribution in [0.4, 0.5) is 5.69 Å². The van der Waals surface area contributed by atoms with Crippen LogP contribution in [0.3, 0.4) is 0 Å². The van der Waals surface area contributed by atoms with Crippen molar-refractivity contribution < 1.29 is 4.79 Å². The van der Waals surface area contributed by atoms with E-state index < -0.39 is 0 Å². The van der Waals surface area contributed by atoms with Crippen LogP contribution in [0.25, 0.3) is 0 Å². The Balaban J connectivity index is 2.93. The second-order valence-corrected chi connectivity index (χ2v) is 3.36. The second-order valence-electron chi connectivity index (χ2n) is 2.28. The first-order chi connectivity index (χ1) is 6.15. The average Bonchev–Trinajstić information content (AvgIpc) is 2.11. The molecule has 13 heavy (non-hydrogen) atoms. The van der Waals surface area contributed by atoms with Crippen LogP contribution in [0.5, 0.6) is 0 Å². The SMILES string of the molecule is O=C(CCl)Nc1c(Cl)cccc1Cl. The van der Waals surface area contributed by atoms with Gasteiger partial charge in [0.15, 0.2) is 0 Å². The molecule has 1 aromatic carbocycles. The Morgan fingerprint density at radius 1 is 1.31 bits per heavy atom. The van der Waals surface area contributed by atoms with Gasteiger partial charge in [0.2, 0.25) is 5.91 Å². The topological polar surface area (TPSA) is 29.1 Å². The molecule has 1 aromatic rings. The molecule has 0 spiro atoms. The van der Waals surface area contributed by atoms with Crippen molar-refractivity contribution in [3.05, 3.63) is 28.2 Å². The molecule has 5 heteroatoms. The van der Waals surface area contributed by atoms with Crippen LogP contribution in [0.15, 0.2) is 18.2 Å². The van der Waals surface area contributed by atoms with Crippen LogP contribution in [0.1, 0.15) is 0 Å². The van der Waals surface area contributed by atoms with Gasteiger partial charge in [-0.15, -0.1) is 11.6 Å². The van der Waals surface area contributed by atoms with Crippen molar-refractivity contribution in [3.63, 3.8) is 0 Å². The first-order valence-corrected chi connectivity index (χ1v) is 4.74. The van der Waals surface area contributed by atoms with E-state index in [9.17, 15) is 4.79 Å². The largest absolute Gasteiger partial charge is 0.323 e. The van der Waals surface area contributed by atoms with Gasteiger partial charge in [-0.05, 0) is 12.1 Å². The fourth-order valence-electron chi connectivity index (χ4n) is 0.790. The Hall–Kier alpha value is -0.440. The minimum Gasteiger partial charge on any atom is -0.323 e. The van der Waals surface area contributed by atoms with Gasteiger partial charge in [-0.3, -0.25) is 4.79 Å². The zero-order chi connectivity index (χ0) is 9.84. The molecular formula is C8H6Cl3NO. The number of benzene rings is 1. The molecule has 0 aliphatic heterocycles. The van der Waals surface area contributed by atoms with Crippen molar-refractivity contribution in [2.75, 3.05) is 11.2 Å². The normalized spacial score (nSPS) is 9.77. The van der Waals surface area contributed by atoms with Gasteiger partial charge in [0.25, 0.3) is 0 Å². The Morgan fingerprint density at radius 3 is 2.31 bits per heavy atom. The Kier molecular flexibility index (Phi) is 3.85. The molecule has 0 aliphatic rings. The number of para-hydroxylation sites is 1. The monoisotopic (exact) mass is 237 g/mol. The van der Waals surface area contributed by atoms with Gasteiger partial charge in [0, 0.05) is 0 Å². The first kappa shape index (κ1) is 10.6. The number of anilines is 1. The third kappa shape index (κ3) is 2.76. The highest BCUT2D eigenvalue weighted by atomic mass is 35.5. The zero-order valence-electron chi connectivity index (χ0n) is 6.48. The minimum absolute atomic E-state index is 0.123. The molecule has 0 aromatic heterocycles. The van der Waals surface area contributed by atoms with Crippen LogP contribution in [-0.4, -0.2) is 11.8 Å². The molecule has 0 unspecified atom stereocenters. The highest BCUT2D eigenvalue weighted by Crippen LogP contribution is 2.29. The van der Waals surface area contributed by atoms with Crippen molar-refractivity contribution in [2.45, 2.75) is 0 Å². The van der Waals surface area contributed by atoms with Gasteiger partial charge < -0.3 is 5.32 Å². The summed E-state index contributed by atoms with van der Waals surface area (Å²) in [6, 6.07) is 4.97. The van der Waals surface area contributed by atoms with E-state index in [1.54, 1.807) is 18.2 Å². The van der Waals surface area contributed by atoms with Crippen molar-refractivity contribution in [1.82, 2.24) is 0 Å². The van der Waals surface area contributed by atoms with Crippen molar-refractivity contribution in [2.24, 2.45) is 0 Å². The van der Waals surface area contributed by atoms with Gasteiger partial charge in [0.1, 0.15) is 5.88 Å². The first-order valence-electron chi connectivity index (χ1n) is 3.45. The minimum atomic E-state index is -0.336. The van der Waals surface area contributed by atoms with E-state index >= 15 is 0 Å². The van der Waals surface area contributed by atoms with E-state index in [1.807, 2.05) is 0 Å². The van der Waals surface area contributed by atoms with E-state index in [-0.39, 0.29) is 11.8 Å². The van der Waals surface area contributed by atoms with Crippen molar-refractivity contribution in [3.8, 4) is 0 Å². The van der Waals surface area contributed by atoms with Crippen LogP contribution < -0.4 is 5.32 Å². The predicted octanol–water partition coefficient (Wildman–Crippen LogP) is 3.17. The summed E-state index contributed by atoms with van der Waals surface area (Å²) in [5.41, 5.74) is 0.400. The van der Waals surface area contributed by atoms with E-state index in [0.717, 1.165) is 0 Å². The molecule has 1 rings (SSSR count). The maximum absolute atomic E-state index is 10.9. The highest BCUT2D eigenvalue weighted by molar-refractivity contribution is 6.40. The number of amides is 1. The summed E-state index contributed by atoms with van der Waals surface area (Å²) in [6.45, 7) is 0. The molecule has 0 saturated heterocycles. The number of hydrogen-bond acceptors (Lipinski definition) is 1. The summed E-state index contributed by atoms with van der Waals surface area (Å²) in [4.78, 5) is 10.9. The lowest BCUT2D eigenvalue weighted by atomic mass is 10.3. The summed E-state index contributed by atoms with van der Waals surface area (Å²) < 4.78 is 0. The third-order valence-electron chi connectivity index (χ3n) is 1.35. The number of rotatable bonds is 2. The molecule has 0 heterocycles. The number of alkyl halides is 1. The van der Waals surface area contributed by atoms with Crippen molar-refractivity contribution in [1.29, 1.82) is 0 Å². The van der Waals surface area contributed by atoms with E-state index in [2.05, 4.69) is 5.32 Å². The van der Waals surface area contributed by atoms with Crippen LogP contribution in [0, 0.1) is 0 Å². The Morgan fingerprint density at radius 2 is 1.85 bits per heavy atom. The lowest BCUT2D eigenvalue weighted by molar-refractivity contribution is -0.113. The summed E-state index contributed by atoms with van der Waals surface area (Å²) >= 11 is 16.9. The molecule has 1 amide bonds. The molecular weight excluding hydrogens is 232 g/mol. The van der Waals surface area contributed by atoms with Crippen LogP contribution >= 0.6 is 34.8 Å². The maximum Gasteiger partial charge on any atom is 0.239 e. The third-order valence-corrected chi connectivity index (χ3v) is 2.22. The number of carbonyl (C=O) groups is 1. The molecule has 0 radical (unpaired) electrons. The number of carbonyl (C=O) groups excluding carboxylic acids is 1.